The Bertz CT molecular complexity index is 468. The molecular weight excluding hydrogens is 242 g/mol. The Morgan fingerprint density at radius 2 is 2.37 bits per heavy atom. The maximum Gasteiger partial charge on any atom is 0.252 e. The lowest BCUT2D eigenvalue weighted by Gasteiger charge is -2.33. The molecule has 2 heterocycles. The Hall–Kier alpha value is -1.36. The first-order valence-corrected chi connectivity index (χ1v) is 7.08. The smallest absolute Gasteiger partial charge is 0.252 e. The Labute approximate surface area is 114 Å². The zero-order valence-electron chi connectivity index (χ0n) is 12.0. The summed E-state index contributed by atoms with van der Waals surface area (Å²) in [6, 6.07) is 1.58. The zero-order chi connectivity index (χ0) is 13.8. The normalized spacial score (nSPS) is 20.0. The van der Waals surface area contributed by atoms with Gasteiger partial charge in [-0.25, -0.2) is 4.98 Å². The van der Waals surface area contributed by atoms with Crippen molar-refractivity contribution in [1.82, 2.24) is 9.97 Å². The van der Waals surface area contributed by atoms with Gasteiger partial charge in [0.2, 0.25) is 0 Å². The Balaban J connectivity index is 2.18. The molecule has 1 saturated heterocycles. The van der Waals surface area contributed by atoms with Crippen LogP contribution in [0, 0.1) is 0 Å². The molecule has 1 unspecified atom stereocenters. The van der Waals surface area contributed by atoms with Crippen molar-refractivity contribution in [3.05, 3.63) is 22.2 Å². The molecule has 0 bridgehead atoms. The van der Waals surface area contributed by atoms with E-state index in [4.69, 9.17) is 4.74 Å². The molecule has 0 spiro atoms. The number of hydrogen-bond acceptors (Lipinski definition) is 4. The topological polar surface area (TPSA) is 58.2 Å². The van der Waals surface area contributed by atoms with E-state index in [0.29, 0.717) is 0 Å². The zero-order valence-corrected chi connectivity index (χ0v) is 12.0. The number of H-pyrrole nitrogens is 1. The van der Waals surface area contributed by atoms with Gasteiger partial charge in [0.05, 0.1) is 6.10 Å². The average molecular weight is 265 g/mol. The molecule has 0 radical (unpaired) electrons. The van der Waals surface area contributed by atoms with Crippen molar-refractivity contribution in [2.75, 3.05) is 24.6 Å². The molecule has 0 aliphatic carbocycles. The lowest BCUT2D eigenvalue weighted by atomic mass is 10.1. The summed E-state index contributed by atoms with van der Waals surface area (Å²) >= 11 is 0. The highest BCUT2D eigenvalue weighted by molar-refractivity contribution is 5.38. The van der Waals surface area contributed by atoms with Crippen LogP contribution in [0.1, 0.15) is 45.4 Å². The summed E-state index contributed by atoms with van der Waals surface area (Å²) in [7, 11) is 0. The molecule has 0 amide bonds. The molecule has 106 valence electrons. The van der Waals surface area contributed by atoms with Crippen LogP contribution < -0.4 is 10.5 Å². The molecule has 19 heavy (non-hydrogen) atoms. The molecule has 5 nitrogen and oxygen atoms in total. The first-order chi connectivity index (χ1) is 9.10. The summed E-state index contributed by atoms with van der Waals surface area (Å²) in [6.45, 7) is 8.57. The molecule has 0 saturated carbocycles. The number of aromatic amines is 1. The average Bonchev–Trinajstić information content (AvgIpc) is 2.38. The summed E-state index contributed by atoms with van der Waals surface area (Å²) in [5, 5.41) is 0. The van der Waals surface area contributed by atoms with Gasteiger partial charge in [0.1, 0.15) is 11.6 Å². The fourth-order valence-electron chi connectivity index (χ4n) is 2.42. The molecule has 1 N–H and O–H groups in total. The standard InChI is InChI=1S/C14H23N3O2/c1-4-19-11-6-5-7-17(9-11)12-8-13(18)16-14(15-12)10(2)3/h8,10-11H,4-7,9H2,1-3H3,(H,15,16,18). The van der Waals surface area contributed by atoms with Gasteiger partial charge in [-0.3, -0.25) is 4.79 Å². The maximum absolute atomic E-state index is 11.7. The van der Waals surface area contributed by atoms with Crippen molar-refractivity contribution in [1.29, 1.82) is 0 Å². The van der Waals surface area contributed by atoms with Gasteiger partial charge in [-0.15, -0.1) is 0 Å². The van der Waals surface area contributed by atoms with E-state index >= 15 is 0 Å². The molecule has 1 aromatic heterocycles. The quantitative estimate of drug-likeness (QED) is 0.903. The van der Waals surface area contributed by atoms with Crippen molar-refractivity contribution in [2.45, 2.75) is 45.6 Å². The van der Waals surface area contributed by atoms with E-state index in [1.165, 1.54) is 0 Å². The lowest BCUT2D eigenvalue weighted by Crippen LogP contribution is -2.40. The van der Waals surface area contributed by atoms with Gasteiger partial charge < -0.3 is 14.6 Å². The minimum Gasteiger partial charge on any atom is -0.377 e. The third kappa shape index (κ3) is 3.56. The van der Waals surface area contributed by atoms with Gasteiger partial charge >= 0.3 is 0 Å². The van der Waals surface area contributed by atoms with E-state index in [1.54, 1.807) is 6.07 Å². The molecule has 1 aliphatic rings. The molecule has 1 fully saturated rings. The Morgan fingerprint density at radius 3 is 3.05 bits per heavy atom. The van der Waals surface area contributed by atoms with E-state index in [2.05, 4.69) is 14.9 Å². The molecule has 2 rings (SSSR count). The number of hydrogen-bond donors (Lipinski definition) is 1. The number of ether oxygens (including phenoxy) is 1. The predicted octanol–water partition coefficient (Wildman–Crippen LogP) is 1.90. The van der Waals surface area contributed by atoms with Crippen LogP contribution in [0.25, 0.3) is 0 Å². The van der Waals surface area contributed by atoms with Gasteiger partial charge in [-0.2, -0.15) is 0 Å². The van der Waals surface area contributed by atoms with E-state index in [-0.39, 0.29) is 17.6 Å². The molecule has 1 aliphatic heterocycles. The number of rotatable bonds is 4. The third-order valence-electron chi connectivity index (χ3n) is 3.40. The van der Waals surface area contributed by atoms with Crippen molar-refractivity contribution in [2.24, 2.45) is 0 Å². The molecule has 1 aromatic rings. The first kappa shape index (κ1) is 14.1. The predicted molar refractivity (Wildman–Crippen MR) is 75.8 cm³/mol. The van der Waals surface area contributed by atoms with Gasteiger partial charge in [0.25, 0.3) is 5.56 Å². The van der Waals surface area contributed by atoms with Crippen molar-refractivity contribution < 1.29 is 4.74 Å². The summed E-state index contributed by atoms with van der Waals surface area (Å²) < 4.78 is 5.69. The number of piperidine rings is 1. The van der Waals surface area contributed by atoms with Gasteiger partial charge in [-0.05, 0) is 19.8 Å². The molecule has 5 heteroatoms. The minimum atomic E-state index is -0.0766. The van der Waals surface area contributed by atoms with Crippen molar-refractivity contribution in [3.8, 4) is 0 Å². The maximum atomic E-state index is 11.7. The van der Waals surface area contributed by atoms with Crippen LogP contribution in [0.2, 0.25) is 0 Å². The first-order valence-electron chi connectivity index (χ1n) is 7.08. The van der Waals surface area contributed by atoms with E-state index < -0.39 is 0 Å². The SMILES string of the molecule is CCOC1CCCN(c2cc(=O)[nH]c(C(C)C)n2)C1. The highest BCUT2D eigenvalue weighted by atomic mass is 16.5. The van der Waals surface area contributed by atoms with E-state index in [9.17, 15) is 4.79 Å². The van der Waals surface area contributed by atoms with Crippen LogP contribution in [0.3, 0.4) is 0 Å². The van der Waals surface area contributed by atoms with Gasteiger partial charge in [-0.1, -0.05) is 13.8 Å². The van der Waals surface area contributed by atoms with Crippen molar-refractivity contribution in [3.63, 3.8) is 0 Å². The van der Waals surface area contributed by atoms with Crippen LogP contribution >= 0.6 is 0 Å². The second-order valence-corrected chi connectivity index (χ2v) is 5.31. The van der Waals surface area contributed by atoms with E-state index in [1.807, 2.05) is 20.8 Å². The second kappa shape index (κ2) is 6.19. The van der Waals surface area contributed by atoms with Crippen LogP contribution in [0.4, 0.5) is 5.82 Å². The summed E-state index contributed by atoms with van der Waals surface area (Å²) in [6.07, 6.45) is 2.42. The monoisotopic (exact) mass is 265 g/mol. The minimum absolute atomic E-state index is 0.0766. The number of aromatic nitrogens is 2. The van der Waals surface area contributed by atoms with E-state index in [0.717, 1.165) is 44.2 Å². The Morgan fingerprint density at radius 1 is 1.58 bits per heavy atom. The fraction of sp³-hybridized carbons (Fsp3) is 0.714. The second-order valence-electron chi connectivity index (χ2n) is 5.31. The summed E-state index contributed by atoms with van der Waals surface area (Å²) in [5.74, 6) is 1.75. The number of nitrogens with one attached hydrogen (secondary N) is 1. The molecule has 1 atom stereocenters. The molecule has 0 aromatic carbocycles. The lowest BCUT2D eigenvalue weighted by molar-refractivity contribution is 0.0525. The van der Waals surface area contributed by atoms with Crippen LogP contribution in [0.5, 0.6) is 0 Å². The number of anilines is 1. The van der Waals surface area contributed by atoms with Gasteiger partial charge in [0.15, 0.2) is 0 Å². The van der Waals surface area contributed by atoms with Crippen LogP contribution in [-0.4, -0.2) is 35.8 Å². The summed E-state index contributed by atoms with van der Waals surface area (Å²) in [4.78, 5) is 21.2. The fourth-order valence-corrected chi connectivity index (χ4v) is 2.42. The highest BCUT2D eigenvalue weighted by Crippen LogP contribution is 2.19. The van der Waals surface area contributed by atoms with Crippen LogP contribution in [0.15, 0.2) is 10.9 Å². The van der Waals surface area contributed by atoms with Gasteiger partial charge in [0, 0.05) is 31.7 Å². The highest BCUT2D eigenvalue weighted by Gasteiger charge is 2.22. The largest absolute Gasteiger partial charge is 0.377 e. The molecular formula is C14H23N3O2. The van der Waals surface area contributed by atoms with Crippen LogP contribution in [-0.2, 0) is 4.74 Å². The Kier molecular flexibility index (Phi) is 4.58. The third-order valence-corrected chi connectivity index (χ3v) is 3.40. The van der Waals surface area contributed by atoms with Crippen molar-refractivity contribution >= 4 is 5.82 Å². The summed E-state index contributed by atoms with van der Waals surface area (Å²) in [5.41, 5.74) is -0.0766. The number of nitrogens with zero attached hydrogens (tertiary/aromatic N) is 2.